The van der Waals surface area contributed by atoms with Gasteiger partial charge < -0.3 is 10.6 Å². The van der Waals surface area contributed by atoms with Crippen molar-refractivity contribution >= 4 is 5.91 Å². The number of rotatable bonds is 3. The maximum absolute atomic E-state index is 12.3. The fourth-order valence-corrected chi connectivity index (χ4v) is 2.46. The van der Waals surface area contributed by atoms with Crippen LogP contribution in [0.2, 0.25) is 0 Å². The first-order valence-electron chi connectivity index (χ1n) is 6.33. The van der Waals surface area contributed by atoms with E-state index in [2.05, 4.69) is 19.1 Å². The largest absolute Gasteiger partial charge is 0.338 e. The van der Waals surface area contributed by atoms with Gasteiger partial charge in [0.2, 0.25) is 0 Å². The van der Waals surface area contributed by atoms with Crippen LogP contribution in [0.4, 0.5) is 0 Å². The summed E-state index contributed by atoms with van der Waals surface area (Å²) in [5.41, 5.74) is 9.01. The van der Waals surface area contributed by atoms with Gasteiger partial charge in [0.15, 0.2) is 0 Å². The van der Waals surface area contributed by atoms with Crippen molar-refractivity contribution in [3.8, 4) is 0 Å². The third kappa shape index (κ3) is 2.07. The predicted molar refractivity (Wildman–Crippen MR) is 69.2 cm³/mol. The first kappa shape index (κ1) is 12.1. The lowest BCUT2D eigenvalue weighted by molar-refractivity contribution is 0.0732. The lowest BCUT2D eigenvalue weighted by Gasteiger charge is -2.33. The molecule has 0 radical (unpaired) electrons. The molecule has 2 N–H and O–H groups in total. The van der Waals surface area contributed by atoms with Crippen LogP contribution in [0.5, 0.6) is 0 Å². The SMILES string of the molecule is CCc1ccc2c(c1)C(=O)N(CC)CC2CN. The Morgan fingerprint density at radius 1 is 1.41 bits per heavy atom. The van der Waals surface area contributed by atoms with Crippen molar-refractivity contribution in [3.63, 3.8) is 0 Å². The van der Waals surface area contributed by atoms with Gasteiger partial charge in [-0.05, 0) is 30.5 Å². The quantitative estimate of drug-likeness (QED) is 0.863. The molecule has 0 spiro atoms. The van der Waals surface area contributed by atoms with Crippen molar-refractivity contribution in [1.82, 2.24) is 4.90 Å². The van der Waals surface area contributed by atoms with E-state index in [9.17, 15) is 4.79 Å². The number of carbonyl (C=O) groups is 1. The lowest BCUT2D eigenvalue weighted by Crippen LogP contribution is -2.41. The molecule has 2 rings (SSSR count). The number of carbonyl (C=O) groups excluding carboxylic acids is 1. The van der Waals surface area contributed by atoms with Crippen LogP contribution in [0.25, 0.3) is 0 Å². The highest BCUT2D eigenvalue weighted by atomic mass is 16.2. The molecule has 0 aromatic heterocycles. The zero-order valence-electron chi connectivity index (χ0n) is 10.6. The van der Waals surface area contributed by atoms with E-state index in [1.165, 1.54) is 5.56 Å². The number of hydrogen-bond acceptors (Lipinski definition) is 2. The Hall–Kier alpha value is -1.35. The van der Waals surface area contributed by atoms with Gasteiger partial charge >= 0.3 is 0 Å². The second-order valence-electron chi connectivity index (χ2n) is 4.55. The molecule has 1 aliphatic rings. The van der Waals surface area contributed by atoms with Gasteiger partial charge in [-0.15, -0.1) is 0 Å². The van der Waals surface area contributed by atoms with Gasteiger partial charge in [-0.1, -0.05) is 19.1 Å². The summed E-state index contributed by atoms with van der Waals surface area (Å²) in [6, 6.07) is 6.22. The van der Waals surface area contributed by atoms with Crippen LogP contribution in [0.1, 0.15) is 41.3 Å². The summed E-state index contributed by atoms with van der Waals surface area (Å²) >= 11 is 0. The average molecular weight is 232 g/mol. The van der Waals surface area contributed by atoms with Crippen LogP contribution < -0.4 is 5.73 Å². The standard InChI is InChI=1S/C14H20N2O/c1-3-10-5-6-12-11(8-15)9-16(4-2)14(17)13(12)7-10/h5-7,11H,3-4,8-9,15H2,1-2H3. The molecular formula is C14H20N2O. The highest BCUT2D eigenvalue weighted by molar-refractivity contribution is 5.97. The molecule has 1 aromatic carbocycles. The van der Waals surface area contributed by atoms with Crippen molar-refractivity contribution in [2.24, 2.45) is 5.73 Å². The van der Waals surface area contributed by atoms with E-state index in [-0.39, 0.29) is 11.8 Å². The molecule has 3 heteroatoms. The van der Waals surface area contributed by atoms with E-state index in [4.69, 9.17) is 5.73 Å². The Kier molecular flexibility index (Phi) is 3.48. The highest BCUT2D eigenvalue weighted by Crippen LogP contribution is 2.28. The topological polar surface area (TPSA) is 46.3 Å². The molecule has 17 heavy (non-hydrogen) atoms. The number of hydrogen-bond donors (Lipinski definition) is 1. The lowest BCUT2D eigenvalue weighted by atomic mass is 9.88. The van der Waals surface area contributed by atoms with Gasteiger partial charge in [-0.25, -0.2) is 0 Å². The Bertz CT molecular complexity index is 428. The summed E-state index contributed by atoms with van der Waals surface area (Å²) in [7, 11) is 0. The summed E-state index contributed by atoms with van der Waals surface area (Å²) < 4.78 is 0. The van der Waals surface area contributed by atoms with Crippen molar-refractivity contribution in [1.29, 1.82) is 0 Å². The first-order chi connectivity index (χ1) is 8.21. The predicted octanol–water partition coefficient (Wildman–Crippen LogP) is 1.77. The van der Waals surface area contributed by atoms with Gasteiger partial charge in [-0.2, -0.15) is 0 Å². The second kappa shape index (κ2) is 4.88. The molecule has 1 atom stereocenters. The third-order valence-electron chi connectivity index (χ3n) is 3.59. The highest BCUT2D eigenvalue weighted by Gasteiger charge is 2.29. The minimum Gasteiger partial charge on any atom is -0.338 e. The normalized spacial score (nSPS) is 19.4. The van der Waals surface area contributed by atoms with E-state index in [0.717, 1.165) is 30.6 Å². The molecule has 1 aliphatic heterocycles. The summed E-state index contributed by atoms with van der Waals surface area (Å²) in [5.74, 6) is 0.441. The van der Waals surface area contributed by atoms with E-state index in [0.29, 0.717) is 6.54 Å². The molecule has 3 nitrogen and oxygen atoms in total. The molecule has 1 aromatic rings. The van der Waals surface area contributed by atoms with Crippen LogP contribution in [-0.4, -0.2) is 30.4 Å². The molecule has 92 valence electrons. The van der Waals surface area contributed by atoms with Gasteiger partial charge in [-0.3, -0.25) is 4.79 Å². The first-order valence-corrected chi connectivity index (χ1v) is 6.33. The Labute approximate surface area is 103 Å². The van der Waals surface area contributed by atoms with Gasteiger partial charge in [0.25, 0.3) is 5.91 Å². The third-order valence-corrected chi connectivity index (χ3v) is 3.59. The Morgan fingerprint density at radius 3 is 2.76 bits per heavy atom. The van der Waals surface area contributed by atoms with Crippen molar-refractivity contribution < 1.29 is 4.79 Å². The van der Waals surface area contributed by atoms with Gasteiger partial charge in [0, 0.05) is 31.1 Å². The average Bonchev–Trinajstić information content (AvgIpc) is 2.39. The minimum absolute atomic E-state index is 0.155. The number of nitrogens with zero attached hydrogens (tertiary/aromatic N) is 1. The van der Waals surface area contributed by atoms with Gasteiger partial charge in [0.05, 0.1) is 0 Å². The van der Waals surface area contributed by atoms with Crippen molar-refractivity contribution in [2.45, 2.75) is 26.2 Å². The van der Waals surface area contributed by atoms with Crippen molar-refractivity contribution in [2.75, 3.05) is 19.6 Å². The van der Waals surface area contributed by atoms with E-state index in [1.54, 1.807) is 0 Å². The minimum atomic E-state index is 0.155. The van der Waals surface area contributed by atoms with Crippen LogP contribution in [-0.2, 0) is 6.42 Å². The fourth-order valence-electron chi connectivity index (χ4n) is 2.46. The van der Waals surface area contributed by atoms with E-state index in [1.807, 2.05) is 17.9 Å². The molecule has 0 aliphatic carbocycles. The summed E-state index contributed by atoms with van der Waals surface area (Å²) in [6.07, 6.45) is 0.958. The number of fused-ring (bicyclic) bond motifs is 1. The van der Waals surface area contributed by atoms with Crippen LogP contribution in [0, 0.1) is 0 Å². The molecule has 0 saturated carbocycles. The maximum atomic E-state index is 12.3. The molecule has 1 heterocycles. The van der Waals surface area contributed by atoms with Crippen LogP contribution in [0.15, 0.2) is 18.2 Å². The van der Waals surface area contributed by atoms with Crippen molar-refractivity contribution in [3.05, 3.63) is 34.9 Å². The molecule has 0 fully saturated rings. The molecular weight excluding hydrogens is 212 g/mol. The Balaban J connectivity index is 2.47. The maximum Gasteiger partial charge on any atom is 0.254 e. The number of likely N-dealkylation sites (N-methyl/N-ethyl adjacent to an activating group) is 1. The van der Waals surface area contributed by atoms with Crippen LogP contribution >= 0.6 is 0 Å². The molecule has 1 unspecified atom stereocenters. The van der Waals surface area contributed by atoms with E-state index >= 15 is 0 Å². The molecule has 1 amide bonds. The molecule has 0 saturated heterocycles. The summed E-state index contributed by atoms with van der Waals surface area (Å²) in [4.78, 5) is 14.2. The zero-order valence-corrected chi connectivity index (χ0v) is 10.6. The Morgan fingerprint density at radius 2 is 2.18 bits per heavy atom. The fraction of sp³-hybridized carbons (Fsp3) is 0.500. The monoisotopic (exact) mass is 232 g/mol. The number of amides is 1. The number of aryl methyl sites for hydroxylation is 1. The summed E-state index contributed by atoms with van der Waals surface area (Å²) in [6.45, 7) is 6.23. The second-order valence-corrected chi connectivity index (χ2v) is 4.55. The zero-order chi connectivity index (χ0) is 12.4. The van der Waals surface area contributed by atoms with E-state index < -0.39 is 0 Å². The number of benzene rings is 1. The van der Waals surface area contributed by atoms with Crippen LogP contribution in [0.3, 0.4) is 0 Å². The van der Waals surface area contributed by atoms with Gasteiger partial charge in [0.1, 0.15) is 0 Å². The molecule has 0 bridgehead atoms. The smallest absolute Gasteiger partial charge is 0.254 e. The number of nitrogens with two attached hydrogens (primary N) is 1. The summed E-state index contributed by atoms with van der Waals surface area (Å²) in [5, 5.41) is 0.